The van der Waals surface area contributed by atoms with Crippen molar-refractivity contribution in [2.45, 2.75) is 45.6 Å². The van der Waals surface area contributed by atoms with Crippen molar-refractivity contribution < 1.29 is 4.79 Å². The van der Waals surface area contributed by atoms with Crippen molar-refractivity contribution in [2.75, 3.05) is 0 Å². The number of hydrogen-bond acceptors (Lipinski definition) is 2. The molecule has 1 aliphatic carbocycles. The fourth-order valence-electron chi connectivity index (χ4n) is 2.54. The summed E-state index contributed by atoms with van der Waals surface area (Å²) in [5.74, 6) is 0.210. The Hall–Kier alpha value is -1.32. The molecule has 1 aromatic heterocycles. The summed E-state index contributed by atoms with van der Waals surface area (Å²) in [6, 6.07) is 0. The van der Waals surface area contributed by atoms with Crippen molar-refractivity contribution in [2.24, 2.45) is 5.41 Å². The first-order valence-corrected chi connectivity index (χ1v) is 6.02. The zero-order valence-electron chi connectivity index (χ0n) is 9.75. The van der Waals surface area contributed by atoms with Crippen LogP contribution >= 0.6 is 0 Å². The smallest absolute Gasteiger partial charge is 0.226 e. The van der Waals surface area contributed by atoms with Crippen LogP contribution in [0, 0.1) is 5.41 Å². The number of nitrogens with zero attached hydrogens (tertiary/aromatic N) is 1. The third-order valence-corrected chi connectivity index (χ3v) is 3.71. The van der Waals surface area contributed by atoms with Gasteiger partial charge in [-0.2, -0.15) is 0 Å². The SMILES string of the molecule is CCC1(C(=O)NCc2cnc[nH]2)CCCC1. The molecule has 0 atom stereocenters. The molecule has 1 amide bonds. The van der Waals surface area contributed by atoms with Gasteiger partial charge in [0.1, 0.15) is 0 Å². The number of imidazole rings is 1. The fourth-order valence-corrected chi connectivity index (χ4v) is 2.54. The van der Waals surface area contributed by atoms with Crippen LogP contribution in [0.5, 0.6) is 0 Å². The molecule has 88 valence electrons. The molecule has 0 radical (unpaired) electrons. The van der Waals surface area contributed by atoms with E-state index in [-0.39, 0.29) is 11.3 Å². The average Bonchev–Trinajstić information content (AvgIpc) is 2.97. The van der Waals surface area contributed by atoms with Crippen molar-refractivity contribution >= 4 is 5.91 Å². The van der Waals surface area contributed by atoms with E-state index < -0.39 is 0 Å². The number of carbonyl (C=O) groups excluding carboxylic acids is 1. The highest BCUT2D eigenvalue weighted by atomic mass is 16.2. The first kappa shape index (κ1) is 11.2. The van der Waals surface area contributed by atoms with Crippen LogP contribution in [0.25, 0.3) is 0 Å². The number of nitrogens with one attached hydrogen (secondary N) is 2. The second-order valence-electron chi connectivity index (χ2n) is 4.60. The number of H-pyrrole nitrogens is 1. The standard InChI is InChI=1S/C12H19N3O/c1-2-12(5-3-4-6-12)11(16)14-8-10-7-13-9-15-10/h7,9H,2-6,8H2,1H3,(H,13,15)(H,14,16). The van der Waals surface area contributed by atoms with Gasteiger partial charge in [0, 0.05) is 11.6 Å². The molecule has 2 N–H and O–H groups in total. The lowest BCUT2D eigenvalue weighted by molar-refractivity contribution is -0.131. The number of rotatable bonds is 4. The topological polar surface area (TPSA) is 57.8 Å². The summed E-state index contributed by atoms with van der Waals surface area (Å²) in [6.07, 6.45) is 8.77. The van der Waals surface area contributed by atoms with E-state index in [9.17, 15) is 4.79 Å². The number of aromatic amines is 1. The summed E-state index contributed by atoms with van der Waals surface area (Å²) < 4.78 is 0. The Morgan fingerprint density at radius 2 is 2.31 bits per heavy atom. The van der Waals surface area contributed by atoms with Crippen molar-refractivity contribution in [3.8, 4) is 0 Å². The molecule has 0 aliphatic heterocycles. The second-order valence-corrected chi connectivity index (χ2v) is 4.60. The van der Waals surface area contributed by atoms with Crippen LogP contribution < -0.4 is 5.32 Å². The van der Waals surface area contributed by atoms with Crippen molar-refractivity contribution in [1.82, 2.24) is 15.3 Å². The van der Waals surface area contributed by atoms with E-state index in [1.54, 1.807) is 12.5 Å². The molecular formula is C12H19N3O. The Balaban J connectivity index is 1.91. The van der Waals surface area contributed by atoms with Gasteiger partial charge in [-0.3, -0.25) is 4.79 Å². The highest BCUT2D eigenvalue weighted by molar-refractivity contribution is 5.82. The first-order chi connectivity index (χ1) is 7.77. The van der Waals surface area contributed by atoms with Gasteiger partial charge in [-0.05, 0) is 19.3 Å². The summed E-state index contributed by atoms with van der Waals surface area (Å²) in [5.41, 5.74) is 0.859. The quantitative estimate of drug-likeness (QED) is 0.817. The molecule has 1 aromatic rings. The third kappa shape index (κ3) is 2.10. The van der Waals surface area contributed by atoms with E-state index >= 15 is 0 Å². The zero-order valence-corrected chi connectivity index (χ0v) is 9.75. The Morgan fingerprint density at radius 3 is 2.88 bits per heavy atom. The Bertz CT molecular complexity index is 339. The highest BCUT2D eigenvalue weighted by Gasteiger charge is 2.38. The van der Waals surface area contributed by atoms with Gasteiger partial charge in [0.25, 0.3) is 0 Å². The number of amides is 1. The van der Waals surface area contributed by atoms with Gasteiger partial charge in [0.15, 0.2) is 0 Å². The molecule has 1 saturated carbocycles. The van der Waals surface area contributed by atoms with Crippen LogP contribution in [-0.4, -0.2) is 15.9 Å². The molecule has 0 aromatic carbocycles. The van der Waals surface area contributed by atoms with Gasteiger partial charge in [0.05, 0.1) is 18.6 Å². The van der Waals surface area contributed by atoms with Crippen LogP contribution in [0.15, 0.2) is 12.5 Å². The summed E-state index contributed by atoms with van der Waals surface area (Å²) in [5, 5.41) is 3.01. The fraction of sp³-hybridized carbons (Fsp3) is 0.667. The molecule has 0 saturated heterocycles. The lowest BCUT2D eigenvalue weighted by Gasteiger charge is -2.25. The molecular weight excluding hydrogens is 202 g/mol. The molecule has 4 heteroatoms. The Labute approximate surface area is 95.9 Å². The number of hydrogen-bond donors (Lipinski definition) is 2. The minimum absolute atomic E-state index is 0.0972. The van der Waals surface area contributed by atoms with E-state index in [1.807, 2.05) is 0 Å². The van der Waals surface area contributed by atoms with Crippen LogP contribution in [-0.2, 0) is 11.3 Å². The van der Waals surface area contributed by atoms with Gasteiger partial charge >= 0.3 is 0 Å². The normalized spacial score (nSPS) is 18.6. The predicted octanol–water partition coefficient (Wildman–Crippen LogP) is 2.00. The molecule has 1 fully saturated rings. The molecule has 0 bridgehead atoms. The number of aromatic nitrogens is 2. The number of carbonyl (C=O) groups is 1. The van der Waals surface area contributed by atoms with Crippen LogP contribution in [0.3, 0.4) is 0 Å². The largest absolute Gasteiger partial charge is 0.350 e. The lowest BCUT2D eigenvalue weighted by Crippen LogP contribution is -2.38. The summed E-state index contributed by atoms with van der Waals surface area (Å²) in [6.45, 7) is 2.67. The van der Waals surface area contributed by atoms with E-state index in [0.717, 1.165) is 25.0 Å². The van der Waals surface area contributed by atoms with Crippen molar-refractivity contribution in [3.63, 3.8) is 0 Å². The Morgan fingerprint density at radius 1 is 1.56 bits per heavy atom. The maximum Gasteiger partial charge on any atom is 0.226 e. The maximum absolute atomic E-state index is 12.1. The first-order valence-electron chi connectivity index (χ1n) is 6.02. The van der Waals surface area contributed by atoms with Gasteiger partial charge < -0.3 is 10.3 Å². The molecule has 4 nitrogen and oxygen atoms in total. The van der Waals surface area contributed by atoms with Crippen LogP contribution in [0.2, 0.25) is 0 Å². The molecule has 0 unspecified atom stereocenters. The van der Waals surface area contributed by atoms with E-state index in [0.29, 0.717) is 6.54 Å². The van der Waals surface area contributed by atoms with Crippen molar-refractivity contribution in [3.05, 3.63) is 18.2 Å². The van der Waals surface area contributed by atoms with Gasteiger partial charge in [-0.1, -0.05) is 19.8 Å². The zero-order chi connectivity index (χ0) is 11.4. The summed E-state index contributed by atoms with van der Waals surface area (Å²) >= 11 is 0. The van der Waals surface area contributed by atoms with Gasteiger partial charge in [0.2, 0.25) is 5.91 Å². The molecule has 1 heterocycles. The van der Waals surface area contributed by atoms with Crippen LogP contribution in [0.4, 0.5) is 0 Å². The van der Waals surface area contributed by atoms with Gasteiger partial charge in [-0.15, -0.1) is 0 Å². The monoisotopic (exact) mass is 221 g/mol. The molecule has 16 heavy (non-hydrogen) atoms. The predicted molar refractivity (Wildman–Crippen MR) is 61.6 cm³/mol. The molecule has 0 spiro atoms. The lowest BCUT2D eigenvalue weighted by atomic mass is 9.82. The maximum atomic E-state index is 12.1. The molecule has 1 aliphatic rings. The highest BCUT2D eigenvalue weighted by Crippen LogP contribution is 2.41. The summed E-state index contributed by atoms with van der Waals surface area (Å²) in [7, 11) is 0. The Kier molecular flexibility index (Phi) is 3.27. The average molecular weight is 221 g/mol. The minimum Gasteiger partial charge on any atom is -0.350 e. The third-order valence-electron chi connectivity index (χ3n) is 3.71. The van der Waals surface area contributed by atoms with E-state index in [1.165, 1.54) is 12.8 Å². The van der Waals surface area contributed by atoms with E-state index in [4.69, 9.17) is 0 Å². The van der Waals surface area contributed by atoms with Gasteiger partial charge in [-0.25, -0.2) is 4.98 Å². The second kappa shape index (κ2) is 4.68. The summed E-state index contributed by atoms with van der Waals surface area (Å²) in [4.78, 5) is 19.1. The molecule has 2 rings (SSSR count). The van der Waals surface area contributed by atoms with Crippen molar-refractivity contribution in [1.29, 1.82) is 0 Å². The van der Waals surface area contributed by atoms with Crippen LogP contribution in [0.1, 0.15) is 44.7 Å². The minimum atomic E-state index is -0.0972. The van der Waals surface area contributed by atoms with E-state index in [2.05, 4.69) is 22.2 Å².